The number of nitrogens with two attached hydrogens (primary N) is 1. The number of sulfonamides is 1. The Hall–Kier alpha value is -1.86. The number of carbonyl (C=O) groups is 1. The van der Waals surface area contributed by atoms with E-state index < -0.39 is 46.9 Å². The van der Waals surface area contributed by atoms with Gasteiger partial charge in [-0.3, -0.25) is 0 Å². The first-order chi connectivity index (χ1) is 10.8. The number of anilines is 1. The van der Waals surface area contributed by atoms with Crippen LogP contribution in [0, 0.1) is 0 Å². The minimum atomic E-state index is -5.92. The molecule has 0 atom stereocenters. The zero-order valence-corrected chi connectivity index (χ0v) is 13.8. The molecule has 0 aliphatic carbocycles. The van der Waals surface area contributed by atoms with Crippen LogP contribution in [0.2, 0.25) is 0 Å². The number of hydrogen-bond donors (Lipinski definition) is 3. The Morgan fingerprint density at radius 2 is 1.79 bits per heavy atom. The molecule has 0 heterocycles. The van der Waals surface area contributed by atoms with Gasteiger partial charge in [0, 0.05) is 6.54 Å². The van der Waals surface area contributed by atoms with E-state index >= 15 is 0 Å². The Bertz CT molecular complexity index is 835. The van der Waals surface area contributed by atoms with Gasteiger partial charge in [0.25, 0.3) is 9.84 Å². The maximum atomic E-state index is 12.8. The Labute approximate surface area is 136 Å². The first kappa shape index (κ1) is 20.2. The number of alkyl halides is 3. The van der Waals surface area contributed by atoms with Gasteiger partial charge in [0.1, 0.15) is 4.90 Å². The lowest BCUT2D eigenvalue weighted by Gasteiger charge is -2.15. The molecule has 0 spiro atoms. The summed E-state index contributed by atoms with van der Waals surface area (Å²) in [5, 5.41) is 9.00. The smallest absolute Gasteiger partial charge is 0.338 e. The highest BCUT2D eigenvalue weighted by Gasteiger charge is 2.48. The maximum absolute atomic E-state index is 12.8. The van der Waals surface area contributed by atoms with Gasteiger partial charge in [0.2, 0.25) is 10.0 Å². The average Bonchev–Trinajstić information content (AvgIpc) is 2.42. The van der Waals surface area contributed by atoms with Gasteiger partial charge in [-0.1, -0.05) is 6.92 Å². The van der Waals surface area contributed by atoms with E-state index in [9.17, 15) is 34.8 Å². The molecule has 4 N–H and O–H groups in total. The summed E-state index contributed by atoms with van der Waals surface area (Å²) in [7, 11) is -10.4. The van der Waals surface area contributed by atoms with E-state index in [0.717, 1.165) is 6.07 Å². The quantitative estimate of drug-likeness (QED) is 0.694. The Balaban J connectivity index is 3.48. The number of halogens is 3. The van der Waals surface area contributed by atoms with E-state index in [-0.39, 0.29) is 12.6 Å². The van der Waals surface area contributed by atoms with Crippen molar-refractivity contribution in [1.82, 2.24) is 5.32 Å². The van der Waals surface area contributed by atoms with Crippen LogP contribution in [0.3, 0.4) is 0 Å². The molecule has 0 aliphatic rings. The summed E-state index contributed by atoms with van der Waals surface area (Å²) in [5.41, 5.74) is -6.42. The molecule has 0 aromatic heterocycles. The molecule has 24 heavy (non-hydrogen) atoms. The van der Waals surface area contributed by atoms with Crippen LogP contribution in [0.5, 0.6) is 0 Å². The number of benzene rings is 1. The van der Waals surface area contributed by atoms with Crippen LogP contribution < -0.4 is 15.8 Å². The summed E-state index contributed by atoms with van der Waals surface area (Å²) in [6.45, 7) is 1.92. The van der Waals surface area contributed by atoms with Gasteiger partial charge in [-0.2, -0.15) is 13.2 Å². The number of nitrogens with one attached hydrogen (secondary N) is 2. The minimum Gasteiger partial charge on any atom is -0.338 e. The SMILES string of the molecule is CCCNC(=O)Nc1ccc(S(N)(=O)=O)cc1S(=O)(=O)C(F)(F)F. The van der Waals surface area contributed by atoms with Crippen molar-refractivity contribution >= 4 is 31.6 Å². The standard InChI is InChI=1S/C11H14F3N3O5S2/c1-2-5-16-10(18)17-8-4-3-7(24(15,21)22)6-9(8)23(19,20)11(12,13)14/h3-4,6H,2,5H2,1H3,(H2,15,21,22)(H2,16,17,18). The van der Waals surface area contributed by atoms with Crippen molar-refractivity contribution in [3.05, 3.63) is 18.2 Å². The molecule has 136 valence electrons. The van der Waals surface area contributed by atoms with Crippen molar-refractivity contribution < 1.29 is 34.8 Å². The largest absolute Gasteiger partial charge is 0.501 e. The molecule has 1 aromatic carbocycles. The molecule has 13 heteroatoms. The van der Waals surface area contributed by atoms with Crippen LogP contribution in [0.25, 0.3) is 0 Å². The summed E-state index contributed by atoms with van der Waals surface area (Å²) >= 11 is 0. The molecule has 1 aromatic rings. The summed E-state index contributed by atoms with van der Waals surface area (Å²) in [4.78, 5) is 9.28. The Morgan fingerprint density at radius 1 is 1.21 bits per heavy atom. The predicted molar refractivity (Wildman–Crippen MR) is 78.4 cm³/mol. The topological polar surface area (TPSA) is 135 Å². The van der Waals surface area contributed by atoms with Crippen LogP contribution in [0.4, 0.5) is 23.7 Å². The first-order valence-corrected chi connectivity index (χ1v) is 9.36. The van der Waals surface area contributed by atoms with Crippen molar-refractivity contribution in [1.29, 1.82) is 0 Å². The highest BCUT2D eigenvalue weighted by atomic mass is 32.2. The van der Waals surface area contributed by atoms with Crippen molar-refractivity contribution in [2.45, 2.75) is 28.6 Å². The normalized spacial score (nSPS) is 12.7. The second-order valence-corrected chi connectivity index (χ2v) is 8.00. The molecule has 1 rings (SSSR count). The number of hydrogen-bond acceptors (Lipinski definition) is 5. The van der Waals surface area contributed by atoms with Crippen LogP contribution in [0.1, 0.15) is 13.3 Å². The Morgan fingerprint density at radius 3 is 2.25 bits per heavy atom. The van der Waals surface area contributed by atoms with Crippen molar-refractivity contribution in [3.63, 3.8) is 0 Å². The summed E-state index contributed by atoms with van der Waals surface area (Å²) in [6.07, 6.45) is 0.533. The minimum absolute atomic E-state index is 0.197. The lowest BCUT2D eigenvalue weighted by atomic mass is 10.3. The summed E-state index contributed by atoms with van der Waals surface area (Å²) in [6, 6.07) is 0.788. The molecule has 0 saturated carbocycles. The van der Waals surface area contributed by atoms with Crippen LogP contribution in [-0.2, 0) is 19.9 Å². The average molecular weight is 389 g/mol. The summed E-state index contributed by atoms with van der Waals surface area (Å²) in [5.74, 6) is 0. The molecule has 0 fully saturated rings. The van der Waals surface area contributed by atoms with E-state index in [1.165, 1.54) is 0 Å². The fourth-order valence-electron chi connectivity index (χ4n) is 1.53. The van der Waals surface area contributed by atoms with E-state index in [4.69, 9.17) is 5.14 Å². The van der Waals surface area contributed by atoms with Gasteiger partial charge in [0.05, 0.1) is 10.6 Å². The van der Waals surface area contributed by atoms with Gasteiger partial charge in [0.15, 0.2) is 0 Å². The van der Waals surface area contributed by atoms with Gasteiger partial charge < -0.3 is 10.6 Å². The van der Waals surface area contributed by atoms with Gasteiger partial charge in [-0.05, 0) is 24.6 Å². The van der Waals surface area contributed by atoms with E-state index in [2.05, 4.69) is 5.32 Å². The first-order valence-electron chi connectivity index (χ1n) is 6.33. The fraction of sp³-hybridized carbons (Fsp3) is 0.364. The predicted octanol–water partition coefficient (Wildman–Crippen LogP) is 1.16. The molecule has 0 saturated heterocycles. The second-order valence-electron chi connectivity index (χ2n) is 4.53. The number of urea groups is 1. The molecule has 0 aliphatic heterocycles. The van der Waals surface area contributed by atoms with Gasteiger partial charge >= 0.3 is 11.5 Å². The third kappa shape index (κ3) is 4.58. The molecular weight excluding hydrogens is 375 g/mol. The zero-order valence-electron chi connectivity index (χ0n) is 12.2. The molecule has 0 bridgehead atoms. The van der Waals surface area contributed by atoms with E-state index in [1.54, 1.807) is 6.92 Å². The van der Waals surface area contributed by atoms with Crippen LogP contribution in [-0.4, -0.2) is 34.9 Å². The second kappa shape index (κ2) is 6.94. The number of carbonyl (C=O) groups excluding carboxylic acids is 1. The van der Waals surface area contributed by atoms with Gasteiger partial charge in [-0.25, -0.2) is 26.8 Å². The third-order valence-corrected chi connectivity index (χ3v) is 5.10. The zero-order chi connectivity index (χ0) is 18.8. The number of amides is 2. The monoisotopic (exact) mass is 389 g/mol. The molecular formula is C11H14F3N3O5S2. The molecule has 2 amide bonds. The number of rotatable bonds is 5. The lowest BCUT2D eigenvalue weighted by Crippen LogP contribution is -2.31. The highest BCUT2D eigenvalue weighted by molar-refractivity contribution is 7.92. The van der Waals surface area contributed by atoms with Crippen molar-refractivity contribution in [2.24, 2.45) is 5.14 Å². The van der Waals surface area contributed by atoms with Crippen molar-refractivity contribution in [3.8, 4) is 0 Å². The van der Waals surface area contributed by atoms with Crippen molar-refractivity contribution in [2.75, 3.05) is 11.9 Å². The summed E-state index contributed by atoms with van der Waals surface area (Å²) < 4.78 is 84.0. The maximum Gasteiger partial charge on any atom is 0.501 e. The molecule has 0 radical (unpaired) electrons. The lowest BCUT2D eigenvalue weighted by molar-refractivity contribution is -0.0435. The molecule has 0 unspecified atom stereocenters. The third-order valence-electron chi connectivity index (χ3n) is 2.66. The van der Waals surface area contributed by atoms with Crippen LogP contribution in [0.15, 0.2) is 28.0 Å². The number of primary sulfonamides is 1. The number of sulfone groups is 1. The fourth-order valence-corrected chi connectivity index (χ4v) is 3.09. The highest BCUT2D eigenvalue weighted by Crippen LogP contribution is 2.35. The van der Waals surface area contributed by atoms with Gasteiger partial charge in [-0.15, -0.1) is 0 Å². The Kier molecular flexibility index (Phi) is 5.84. The van der Waals surface area contributed by atoms with E-state index in [1.807, 2.05) is 5.32 Å². The van der Waals surface area contributed by atoms with Crippen LogP contribution >= 0.6 is 0 Å². The molecule has 8 nitrogen and oxygen atoms in total. The van der Waals surface area contributed by atoms with E-state index in [0.29, 0.717) is 12.5 Å².